The molecular formula is C14H14N2S2. The molecule has 0 aliphatic heterocycles. The van der Waals surface area contributed by atoms with Crippen LogP contribution < -0.4 is 5.73 Å². The molecule has 18 heavy (non-hydrogen) atoms. The van der Waals surface area contributed by atoms with Crippen molar-refractivity contribution in [3.63, 3.8) is 0 Å². The molecule has 0 saturated carbocycles. The fraction of sp³-hybridized carbons (Fsp3) is 0.143. The SMILES string of the molecule is Cc1cccc(CSc2cc(C(N)=S)ccn2)c1. The molecule has 1 heterocycles. The molecule has 2 rings (SSSR count). The third-order valence-electron chi connectivity index (χ3n) is 2.49. The Hall–Kier alpha value is -1.39. The maximum Gasteiger partial charge on any atom is 0.104 e. The molecule has 2 aromatic rings. The van der Waals surface area contributed by atoms with Crippen molar-refractivity contribution in [2.75, 3.05) is 0 Å². The summed E-state index contributed by atoms with van der Waals surface area (Å²) in [6, 6.07) is 12.2. The average Bonchev–Trinajstić information content (AvgIpc) is 2.37. The number of benzene rings is 1. The molecule has 0 radical (unpaired) electrons. The fourth-order valence-corrected chi connectivity index (χ4v) is 2.57. The Morgan fingerprint density at radius 3 is 2.89 bits per heavy atom. The molecule has 0 bridgehead atoms. The first-order valence-corrected chi connectivity index (χ1v) is 6.99. The van der Waals surface area contributed by atoms with E-state index in [4.69, 9.17) is 18.0 Å². The second-order valence-electron chi connectivity index (χ2n) is 4.02. The summed E-state index contributed by atoms with van der Waals surface area (Å²) in [5.74, 6) is 0.898. The first-order chi connectivity index (χ1) is 8.65. The van der Waals surface area contributed by atoms with E-state index >= 15 is 0 Å². The number of hydrogen-bond acceptors (Lipinski definition) is 3. The van der Waals surface area contributed by atoms with E-state index in [9.17, 15) is 0 Å². The molecule has 0 unspecified atom stereocenters. The average molecular weight is 274 g/mol. The number of aromatic nitrogens is 1. The Labute approximate surface area is 117 Å². The van der Waals surface area contributed by atoms with Gasteiger partial charge in [-0.2, -0.15) is 0 Å². The zero-order valence-corrected chi connectivity index (χ0v) is 11.7. The lowest BCUT2D eigenvalue weighted by molar-refractivity contribution is 1.13. The quantitative estimate of drug-likeness (QED) is 0.686. The Morgan fingerprint density at radius 2 is 2.17 bits per heavy atom. The van der Waals surface area contributed by atoms with Crippen LogP contribution in [0.5, 0.6) is 0 Å². The van der Waals surface area contributed by atoms with Crippen LogP contribution >= 0.6 is 24.0 Å². The molecule has 1 aromatic carbocycles. The molecule has 0 saturated heterocycles. The summed E-state index contributed by atoms with van der Waals surface area (Å²) < 4.78 is 0. The van der Waals surface area contributed by atoms with Gasteiger partial charge in [0.05, 0.1) is 5.03 Å². The molecule has 2 nitrogen and oxygen atoms in total. The molecule has 4 heteroatoms. The predicted octanol–water partition coefficient (Wildman–Crippen LogP) is 3.32. The smallest absolute Gasteiger partial charge is 0.104 e. The minimum atomic E-state index is 0.412. The van der Waals surface area contributed by atoms with Gasteiger partial charge < -0.3 is 5.73 Å². The van der Waals surface area contributed by atoms with Crippen LogP contribution in [-0.4, -0.2) is 9.97 Å². The highest BCUT2D eigenvalue weighted by atomic mass is 32.2. The van der Waals surface area contributed by atoms with Crippen molar-refractivity contribution < 1.29 is 0 Å². The van der Waals surface area contributed by atoms with Crippen molar-refractivity contribution in [1.82, 2.24) is 4.98 Å². The van der Waals surface area contributed by atoms with Crippen LogP contribution in [0.3, 0.4) is 0 Å². The highest BCUT2D eigenvalue weighted by Crippen LogP contribution is 2.21. The minimum absolute atomic E-state index is 0.412. The zero-order valence-electron chi connectivity index (χ0n) is 10.1. The molecule has 0 aliphatic carbocycles. The number of thiocarbonyl (C=S) groups is 1. The number of hydrogen-bond donors (Lipinski definition) is 1. The maximum absolute atomic E-state index is 5.60. The van der Waals surface area contributed by atoms with Crippen molar-refractivity contribution in [3.05, 3.63) is 59.3 Å². The van der Waals surface area contributed by atoms with Gasteiger partial charge in [-0.15, -0.1) is 11.8 Å². The summed E-state index contributed by atoms with van der Waals surface area (Å²) in [4.78, 5) is 4.72. The number of pyridine rings is 1. The summed E-state index contributed by atoms with van der Waals surface area (Å²) >= 11 is 6.64. The predicted molar refractivity (Wildman–Crippen MR) is 80.9 cm³/mol. The van der Waals surface area contributed by atoms with Crippen LogP contribution in [0.15, 0.2) is 47.6 Å². The maximum atomic E-state index is 5.60. The Kier molecular flexibility index (Phi) is 4.33. The van der Waals surface area contributed by atoms with Crippen molar-refractivity contribution in [1.29, 1.82) is 0 Å². The van der Waals surface area contributed by atoms with E-state index in [1.54, 1.807) is 18.0 Å². The third kappa shape index (κ3) is 3.55. The Morgan fingerprint density at radius 1 is 1.33 bits per heavy atom. The Bertz CT molecular complexity index is 567. The lowest BCUT2D eigenvalue weighted by Crippen LogP contribution is -2.09. The van der Waals surface area contributed by atoms with E-state index < -0.39 is 0 Å². The van der Waals surface area contributed by atoms with Crippen LogP contribution in [0.4, 0.5) is 0 Å². The van der Waals surface area contributed by atoms with Gasteiger partial charge >= 0.3 is 0 Å². The second kappa shape index (κ2) is 5.98. The van der Waals surface area contributed by atoms with Gasteiger partial charge in [-0.1, -0.05) is 42.0 Å². The van der Waals surface area contributed by atoms with Crippen molar-refractivity contribution >= 4 is 29.0 Å². The van der Waals surface area contributed by atoms with Crippen LogP contribution in [0.1, 0.15) is 16.7 Å². The summed E-state index contributed by atoms with van der Waals surface area (Å²) in [5, 5.41) is 0.946. The van der Waals surface area contributed by atoms with Gasteiger partial charge in [0.2, 0.25) is 0 Å². The molecule has 0 spiro atoms. The lowest BCUT2D eigenvalue weighted by atomic mass is 10.2. The fourth-order valence-electron chi connectivity index (χ4n) is 1.60. The van der Waals surface area contributed by atoms with Crippen LogP contribution in [0.25, 0.3) is 0 Å². The van der Waals surface area contributed by atoms with Crippen LogP contribution in [0.2, 0.25) is 0 Å². The normalized spacial score (nSPS) is 10.3. The molecular weight excluding hydrogens is 260 g/mol. The summed E-state index contributed by atoms with van der Waals surface area (Å²) in [5.41, 5.74) is 9.04. The van der Waals surface area contributed by atoms with Gasteiger partial charge in [-0.05, 0) is 24.6 Å². The van der Waals surface area contributed by atoms with Crippen LogP contribution in [-0.2, 0) is 5.75 Å². The largest absolute Gasteiger partial charge is 0.389 e. The molecule has 92 valence electrons. The number of rotatable bonds is 4. The van der Waals surface area contributed by atoms with Gasteiger partial charge in [0.25, 0.3) is 0 Å². The third-order valence-corrected chi connectivity index (χ3v) is 3.72. The first-order valence-electron chi connectivity index (χ1n) is 5.59. The number of aryl methyl sites for hydroxylation is 1. The molecule has 0 amide bonds. The van der Waals surface area contributed by atoms with Crippen LogP contribution in [0, 0.1) is 6.92 Å². The van der Waals surface area contributed by atoms with Crippen molar-refractivity contribution in [2.24, 2.45) is 5.73 Å². The number of nitrogens with two attached hydrogens (primary N) is 1. The highest BCUT2D eigenvalue weighted by Gasteiger charge is 2.01. The second-order valence-corrected chi connectivity index (χ2v) is 5.46. The van der Waals surface area contributed by atoms with Crippen molar-refractivity contribution in [3.8, 4) is 0 Å². The number of thioether (sulfide) groups is 1. The van der Waals surface area contributed by atoms with Crippen molar-refractivity contribution in [2.45, 2.75) is 17.7 Å². The molecule has 0 atom stereocenters. The van der Waals surface area contributed by atoms with Gasteiger partial charge in [0.15, 0.2) is 0 Å². The highest BCUT2D eigenvalue weighted by molar-refractivity contribution is 7.98. The van der Waals surface area contributed by atoms with Gasteiger partial charge in [-0.3, -0.25) is 0 Å². The Balaban J connectivity index is 2.06. The minimum Gasteiger partial charge on any atom is -0.389 e. The molecule has 1 aromatic heterocycles. The summed E-state index contributed by atoms with van der Waals surface area (Å²) in [6.07, 6.45) is 1.74. The van der Waals surface area contributed by atoms with E-state index in [1.165, 1.54) is 11.1 Å². The monoisotopic (exact) mass is 274 g/mol. The van der Waals surface area contributed by atoms with E-state index in [2.05, 4.69) is 36.2 Å². The summed E-state index contributed by atoms with van der Waals surface area (Å²) in [7, 11) is 0. The standard InChI is InChI=1S/C14H14N2S2/c1-10-3-2-4-11(7-10)9-18-13-8-12(14(15)17)5-6-16-13/h2-8H,9H2,1H3,(H2,15,17). The topological polar surface area (TPSA) is 38.9 Å². The molecule has 0 aliphatic rings. The van der Waals surface area contributed by atoms with E-state index in [-0.39, 0.29) is 0 Å². The van der Waals surface area contributed by atoms with Gasteiger partial charge in [0.1, 0.15) is 4.99 Å². The van der Waals surface area contributed by atoms with E-state index in [0.717, 1.165) is 16.3 Å². The van der Waals surface area contributed by atoms with E-state index in [0.29, 0.717) is 4.99 Å². The molecule has 2 N–H and O–H groups in total. The zero-order chi connectivity index (χ0) is 13.0. The molecule has 0 fully saturated rings. The first kappa shape index (κ1) is 13.1. The van der Waals surface area contributed by atoms with E-state index in [1.807, 2.05) is 12.1 Å². The van der Waals surface area contributed by atoms with Gasteiger partial charge in [0, 0.05) is 17.5 Å². The summed E-state index contributed by atoms with van der Waals surface area (Å²) in [6.45, 7) is 2.10. The van der Waals surface area contributed by atoms with Gasteiger partial charge in [-0.25, -0.2) is 4.98 Å². The number of nitrogens with zero attached hydrogens (tertiary/aromatic N) is 1. The lowest BCUT2D eigenvalue weighted by Gasteiger charge is -2.04.